The second kappa shape index (κ2) is 7.12. The third-order valence-electron chi connectivity index (χ3n) is 4.89. The van der Waals surface area contributed by atoms with Gasteiger partial charge in [0.25, 0.3) is 5.69 Å². The largest absolute Gasteiger partial charge is 0.494 e. The third kappa shape index (κ3) is 3.05. The maximum atomic E-state index is 11.6. The summed E-state index contributed by atoms with van der Waals surface area (Å²) in [4.78, 5) is 13.4. The van der Waals surface area contributed by atoms with Gasteiger partial charge >= 0.3 is 0 Å². The standard InChI is InChI=1S/C20H23N5O3/c1-4-28-13-6-7-15-14(12-13)19-18-16(24(22-19)11-5-10-23(2)3)8-9-17(25(26)27)20(18)21-15/h6-9,12,21H,4-5,10-11H2,1-3H3. The summed E-state index contributed by atoms with van der Waals surface area (Å²) >= 11 is 0. The number of hydrogen-bond acceptors (Lipinski definition) is 6. The number of anilines is 2. The Morgan fingerprint density at radius 2 is 2.11 bits per heavy atom. The second-order valence-corrected chi connectivity index (χ2v) is 7.10. The Labute approximate surface area is 162 Å². The van der Waals surface area contributed by atoms with E-state index in [0.717, 1.165) is 53.1 Å². The molecule has 0 atom stereocenters. The highest BCUT2D eigenvalue weighted by Crippen LogP contribution is 2.47. The van der Waals surface area contributed by atoms with E-state index in [-0.39, 0.29) is 10.6 Å². The van der Waals surface area contributed by atoms with Gasteiger partial charge in [-0.3, -0.25) is 14.8 Å². The van der Waals surface area contributed by atoms with Crippen LogP contribution in [0.25, 0.3) is 22.2 Å². The summed E-state index contributed by atoms with van der Waals surface area (Å²) in [7, 11) is 4.08. The lowest BCUT2D eigenvalue weighted by Crippen LogP contribution is -2.15. The number of aryl methyl sites for hydroxylation is 1. The Morgan fingerprint density at radius 1 is 1.29 bits per heavy atom. The molecule has 8 heteroatoms. The molecular weight excluding hydrogens is 358 g/mol. The van der Waals surface area contributed by atoms with Crippen LogP contribution in [0.3, 0.4) is 0 Å². The van der Waals surface area contributed by atoms with Gasteiger partial charge in [0, 0.05) is 23.9 Å². The lowest BCUT2D eigenvalue weighted by molar-refractivity contribution is -0.383. The van der Waals surface area contributed by atoms with E-state index in [4.69, 9.17) is 9.84 Å². The maximum absolute atomic E-state index is 11.6. The van der Waals surface area contributed by atoms with Crippen LogP contribution in [-0.4, -0.2) is 46.9 Å². The van der Waals surface area contributed by atoms with E-state index in [1.54, 1.807) is 12.1 Å². The van der Waals surface area contributed by atoms with Crippen LogP contribution in [0.1, 0.15) is 13.3 Å². The van der Waals surface area contributed by atoms with Crippen molar-refractivity contribution in [1.82, 2.24) is 14.7 Å². The van der Waals surface area contributed by atoms with Crippen molar-refractivity contribution in [3.63, 3.8) is 0 Å². The summed E-state index contributed by atoms with van der Waals surface area (Å²) in [6.45, 7) is 4.20. The van der Waals surface area contributed by atoms with Crippen molar-refractivity contribution < 1.29 is 9.66 Å². The first-order valence-corrected chi connectivity index (χ1v) is 9.36. The number of aromatic nitrogens is 2. The number of rotatable bonds is 7. The fourth-order valence-corrected chi connectivity index (χ4v) is 3.65. The normalized spacial score (nSPS) is 12.1. The fraction of sp³-hybridized carbons (Fsp3) is 0.350. The van der Waals surface area contributed by atoms with Gasteiger partial charge in [-0.2, -0.15) is 5.10 Å². The van der Waals surface area contributed by atoms with Gasteiger partial charge in [-0.1, -0.05) is 0 Å². The monoisotopic (exact) mass is 381 g/mol. The molecule has 0 unspecified atom stereocenters. The summed E-state index contributed by atoms with van der Waals surface area (Å²) in [6.07, 6.45) is 0.939. The van der Waals surface area contributed by atoms with Gasteiger partial charge in [-0.05, 0) is 58.3 Å². The van der Waals surface area contributed by atoms with Gasteiger partial charge in [0.05, 0.1) is 22.4 Å². The average Bonchev–Trinajstić information content (AvgIpc) is 3.02. The van der Waals surface area contributed by atoms with Crippen LogP contribution >= 0.6 is 0 Å². The summed E-state index contributed by atoms with van der Waals surface area (Å²) in [5.41, 5.74) is 3.91. The molecule has 0 amide bonds. The molecular formula is C20H23N5O3. The highest BCUT2D eigenvalue weighted by Gasteiger charge is 2.29. The molecule has 0 radical (unpaired) electrons. The number of ether oxygens (including phenoxy) is 1. The molecule has 0 fully saturated rings. The van der Waals surface area contributed by atoms with Crippen LogP contribution < -0.4 is 10.1 Å². The number of nitrogens with one attached hydrogen (secondary N) is 1. The maximum Gasteiger partial charge on any atom is 0.293 e. The Bertz CT molecular complexity index is 1060. The smallest absolute Gasteiger partial charge is 0.293 e. The molecule has 4 rings (SSSR count). The van der Waals surface area contributed by atoms with Crippen molar-refractivity contribution in [3.8, 4) is 17.0 Å². The minimum Gasteiger partial charge on any atom is -0.494 e. The molecule has 2 heterocycles. The summed E-state index contributed by atoms with van der Waals surface area (Å²) in [6, 6.07) is 9.04. The van der Waals surface area contributed by atoms with Gasteiger partial charge in [-0.15, -0.1) is 0 Å². The summed E-state index contributed by atoms with van der Waals surface area (Å²) < 4.78 is 7.59. The fourth-order valence-electron chi connectivity index (χ4n) is 3.65. The molecule has 1 N–H and O–H groups in total. The third-order valence-corrected chi connectivity index (χ3v) is 4.89. The van der Waals surface area contributed by atoms with Crippen LogP contribution in [0.15, 0.2) is 30.3 Å². The van der Waals surface area contributed by atoms with Crippen LogP contribution in [0.2, 0.25) is 0 Å². The minimum absolute atomic E-state index is 0.0566. The molecule has 3 aromatic rings. The molecule has 8 nitrogen and oxygen atoms in total. The van der Waals surface area contributed by atoms with E-state index >= 15 is 0 Å². The quantitative estimate of drug-likeness (QED) is 0.384. The predicted molar refractivity (Wildman–Crippen MR) is 109 cm³/mol. The molecule has 2 aromatic carbocycles. The Kier molecular flexibility index (Phi) is 4.64. The Morgan fingerprint density at radius 3 is 2.82 bits per heavy atom. The number of fused-ring (bicyclic) bond motifs is 2. The highest BCUT2D eigenvalue weighted by molar-refractivity contribution is 6.12. The molecule has 1 aliphatic heterocycles. The second-order valence-electron chi connectivity index (χ2n) is 7.10. The van der Waals surface area contributed by atoms with Gasteiger partial charge in [0.1, 0.15) is 17.1 Å². The Hall–Kier alpha value is -3.13. The number of nitrogens with zero attached hydrogens (tertiary/aromatic N) is 4. The van der Waals surface area contributed by atoms with Crippen LogP contribution in [0.4, 0.5) is 17.1 Å². The molecule has 1 aromatic heterocycles. The van der Waals surface area contributed by atoms with E-state index < -0.39 is 0 Å². The SMILES string of the molecule is CCOc1ccc2c(c1)-c1nn(CCCN(C)C)c3ccc([N+](=O)[O-])c(c13)N2. The lowest BCUT2D eigenvalue weighted by atomic mass is 9.99. The van der Waals surface area contributed by atoms with E-state index in [9.17, 15) is 10.1 Å². The zero-order valence-corrected chi connectivity index (χ0v) is 16.2. The van der Waals surface area contributed by atoms with Crippen molar-refractivity contribution in [2.24, 2.45) is 0 Å². The van der Waals surface area contributed by atoms with Crippen molar-refractivity contribution in [2.45, 2.75) is 19.9 Å². The van der Waals surface area contributed by atoms with Crippen LogP contribution in [0.5, 0.6) is 5.75 Å². The molecule has 28 heavy (non-hydrogen) atoms. The van der Waals surface area contributed by atoms with E-state index in [1.807, 2.05) is 43.9 Å². The van der Waals surface area contributed by atoms with Gasteiger partial charge in [-0.25, -0.2) is 0 Å². The first-order chi connectivity index (χ1) is 13.5. The zero-order chi connectivity index (χ0) is 19.8. The van der Waals surface area contributed by atoms with Crippen LogP contribution in [0, 0.1) is 10.1 Å². The molecule has 0 saturated heterocycles. The topological polar surface area (TPSA) is 85.5 Å². The molecule has 0 aliphatic carbocycles. The van der Waals surface area contributed by atoms with Gasteiger partial charge in [0.15, 0.2) is 0 Å². The number of nitro groups is 1. The van der Waals surface area contributed by atoms with Crippen molar-refractivity contribution in [3.05, 3.63) is 40.4 Å². The van der Waals surface area contributed by atoms with E-state index in [0.29, 0.717) is 12.3 Å². The summed E-state index contributed by atoms with van der Waals surface area (Å²) in [5, 5.41) is 20.5. The first kappa shape index (κ1) is 18.2. The van der Waals surface area contributed by atoms with Crippen LogP contribution in [-0.2, 0) is 6.54 Å². The van der Waals surface area contributed by atoms with Crippen molar-refractivity contribution in [2.75, 3.05) is 32.6 Å². The molecule has 1 aliphatic rings. The Balaban J connectivity index is 1.88. The number of nitro benzene ring substituents is 1. The zero-order valence-electron chi connectivity index (χ0n) is 16.2. The summed E-state index contributed by atoms with van der Waals surface area (Å²) in [5.74, 6) is 0.757. The lowest BCUT2D eigenvalue weighted by Gasteiger charge is -2.18. The number of benzene rings is 2. The molecule has 0 saturated carbocycles. The van der Waals surface area contributed by atoms with Gasteiger partial charge in [0.2, 0.25) is 0 Å². The van der Waals surface area contributed by atoms with E-state index in [1.165, 1.54) is 0 Å². The van der Waals surface area contributed by atoms with Crippen molar-refractivity contribution in [1.29, 1.82) is 0 Å². The van der Waals surface area contributed by atoms with Gasteiger partial charge < -0.3 is 15.0 Å². The number of hydrogen-bond donors (Lipinski definition) is 1. The average molecular weight is 381 g/mol. The minimum atomic E-state index is -0.353. The predicted octanol–water partition coefficient (Wildman–Crippen LogP) is 4.02. The molecule has 0 bridgehead atoms. The molecule has 146 valence electrons. The van der Waals surface area contributed by atoms with E-state index in [2.05, 4.69) is 10.2 Å². The van der Waals surface area contributed by atoms with Crippen molar-refractivity contribution >= 4 is 28.0 Å². The first-order valence-electron chi connectivity index (χ1n) is 9.36. The molecule has 0 spiro atoms. The highest BCUT2D eigenvalue weighted by atomic mass is 16.6.